The molecule has 0 aliphatic carbocycles. The highest BCUT2D eigenvalue weighted by Crippen LogP contribution is 2.22. The van der Waals surface area contributed by atoms with Gasteiger partial charge in [-0.3, -0.25) is 0 Å². The Balaban J connectivity index is 1.37. The Hall–Kier alpha value is -4.47. The number of rotatable bonds is 10. The maximum absolute atomic E-state index is 5.72. The lowest BCUT2D eigenvalue weighted by atomic mass is 10.2. The van der Waals surface area contributed by atoms with Crippen LogP contribution in [-0.4, -0.2) is 52.5 Å². The Kier molecular flexibility index (Phi) is 7.28. The molecule has 10 nitrogen and oxygen atoms in total. The summed E-state index contributed by atoms with van der Waals surface area (Å²) in [6.45, 7) is 2.75. The molecule has 0 saturated heterocycles. The van der Waals surface area contributed by atoms with Crippen molar-refractivity contribution in [3.63, 3.8) is 0 Å². The molecule has 0 unspecified atom stereocenters. The van der Waals surface area contributed by atoms with Gasteiger partial charge in [-0.2, -0.15) is 15.0 Å². The highest BCUT2D eigenvalue weighted by molar-refractivity contribution is 5.55. The van der Waals surface area contributed by atoms with Crippen molar-refractivity contribution >= 4 is 17.6 Å². The molecule has 0 atom stereocenters. The summed E-state index contributed by atoms with van der Waals surface area (Å²) in [5.74, 6) is 2.15. The van der Waals surface area contributed by atoms with Crippen molar-refractivity contribution in [2.24, 2.45) is 0 Å². The number of aryl methyl sites for hydroxylation is 1. The monoisotopic (exact) mass is 459 g/mol. The summed E-state index contributed by atoms with van der Waals surface area (Å²) >= 11 is 0. The first-order chi connectivity index (χ1) is 16.5. The average molecular weight is 460 g/mol. The molecule has 0 aliphatic heterocycles. The standard InChI is InChI=1S/C24H25N7O3/c1-17-9-11-18(12-10-17)25-22-26-23(31(2)3)28-24(27-22)34-21-14-13-20(29-30-21)33-16-15-32-19-7-5-4-6-8-19/h4-14H,15-16H2,1-3H3,(H,25,26,27,28). The van der Waals surface area contributed by atoms with Crippen LogP contribution in [0.5, 0.6) is 23.5 Å². The summed E-state index contributed by atoms with van der Waals surface area (Å²) in [5.41, 5.74) is 2.01. The molecular weight excluding hydrogens is 434 g/mol. The van der Waals surface area contributed by atoms with Crippen molar-refractivity contribution in [2.75, 3.05) is 37.5 Å². The average Bonchev–Trinajstić information content (AvgIpc) is 2.85. The quantitative estimate of drug-likeness (QED) is 0.349. The van der Waals surface area contributed by atoms with E-state index in [4.69, 9.17) is 14.2 Å². The Morgan fingerprint density at radius 1 is 0.765 bits per heavy atom. The molecule has 1 N–H and O–H groups in total. The SMILES string of the molecule is Cc1ccc(Nc2nc(Oc3ccc(OCCOc4ccccc4)nn3)nc(N(C)C)n2)cc1. The van der Waals surface area contributed by atoms with Gasteiger partial charge in [0.25, 0.3) is 0 Å². The van der Waals surface area contributed by atoms with E-state index in [1.165, 1.54) is 0 Å². The second kappa shape index (κ2) is 10.9. The molecule has 2 aromatic carbocycles. The van der Waals surface area contributed by atoms with E-state index in [9.17, 15) is 0 Å². The van der Waals surface area contributed by atoms with Crippen LogP contribution in [-0.2, 0) is 0 Å². The van der Waals surface area contributed by atoms with Crippen LogP contribution in [0.4, 0.5) is 17.6 Å². The number of benzene rings is 2. The number of hydrogen-bond donors (Lipinski definition) is 1. The van der Waals surface area contributed by atoms with Crippen molar-refractivity contribution in [1.82, 2.24) is 25.1 Å². The van der Waals surface area contributed by atoms with E-state index >= 15 is 0 Å². The molecular formula is C24H25N7O3. The zero-order valence-corrected chi connectivity index (χ0v) is 19.2. The first-order valence-corrected chi connectivity index (χ1v) is 10.6. The third-order valence-corrected chi connectivity index (χ3v) is 4.47. The van der Waals surface area contributed by atoms with Crippen LogP contribution in [0, 0.1) is 6.92 Å². The Morgan fingerprint density at radius 2 is 1.47 bits per heavy atom. The van der Waals surface area contributed by atoms with Crippen molar-refractivity contribution in [3.8, 4) is 23.5 Å². The van der Waals surface area contributed by atoms with E-state index in [0.717, 1.165) is 17.0 Å². The molecule has 4 rings (SSSR count). The summed E-state index contributed by atoms with van der Waals surface area (Å²) in [6.07, 6.45) is 0. The number of nitrogens with zero attached hydrogens (tertiary/aromatic N) is 6. The second-order valence-corrected chi connectivity index (χ2v) is 7.45. The Labute approximate surface area is 197 Å². The van der Waals surface area contributed by atoms with Gasteiger partial charge < -0.3 is 24.4 Å². The molecule has 10 heteroatoms. The van der Waals surface area contributed by atoms with Gasteiger partial charge in [0.05, 0.1) is 0 Å². The molecule has 34 heavy (non-hydrogen) atoms. The van der Waals surface area contributed by atoms with Crippen molar-refractivity contribution in [2.45, 2.75) is 6.92 Å². The first-order valence-electron chi connectivity index (χ1n) is 10.6. The lowest BCUT2D eigenvalue weighted by molar-refractivity contribution is 0.210. The van der Waals surface area contributed by atoms with Gasteiger partial charge in [0.15, 0.2) is 0 Å². The van der Waals surface area contributed by atoms with E-state index in [-0.39, 0.29) is 11.9 Å². The summed E-state index contributed by atoms with van der Waals surface area (Å²) in [6, 6.07) is 20.8. The zero-order valence-electron chi connectivity index (χ0n) is 19.2. The van der Waals surface area contributed by atoms with E-state index in [0.29, 0.717) is 31.0 Å². The molecule has 174 valence electrons. The molecule has 0 fully saturated rings. The summed E-state index contributed by atoms with van der Waals surface area (Å²) in [7, 11) is 3.67. The highest BCUT2D eigenvalue weighted by Gasteiger charge is 2.12. The van der Waals surface area contributed by atoms with Gasteiger partial charge in [-0.15, -0.1) is 10.2 Å². The fourth-order valence-electron chi connectivity index (χ4n) is 2.77. The first kappa shape index (κ1) is 22.7. The van der Waals surface area contributed by atoms with Crippen LogP contribution in [0.15, 0.2) is 66.7 Å². The van der Waals surface area contributed by atoms with Crippen LogP contribution in [0.1, 0.15) is 5.56 Å². The molecule has 0 radical (unpaired) electrons. The van der Waals surface area contributed by atoms with Crippen LogP contribution < -0.4 is 24.4 Å². The molecule has 2 aromatic heterocycles. The summed E-state index contributed by atoms with van der Waals surface area (Å²) in [4.78, 5) is 14.8. The smallest absolute Gasteiger partial charge is 0.330 e. The molecule has 0 spiro atoms. The Morgan fingerprint density at radius 3 is 2.18 bits per heavy atom. The van der Waals surface area contributed by atoms with E-state index < -0.39 is 0 Å². The van der Waals surface area contributed by atoms with Gasteiger partial charge in [-0.1, -0.05) is 35.9 Å². The van der Waals surface area contributed by atoms with Crippen LogP contribution in [0.25, 0.3) is 0 Å². The second-order valence-electron chi connectivity index (χ2n) is 7.45. The summed E-state index contributed by atoms with van der Waals surface area (Å²) < 4.78 is 16.9. The van der Waals surface area contributed by atoms with Gasteiger partial charge in [-0.05, 0) is 31.2 Å². The van der Waals surface area contributed by atoms with Gasteiger partial charge >= 0.3 is 6.01 Å². The minimum absolute atomic E-state index is 0.0903. The highest BCUT2D eigenvalue weighted by atomic mass is 16.5. The van der Waals surface area contributed by atoms with Crippen LogP contribution >= 0.6 is 0 Å². The third-order valence-electron chi connectivity index (χ3n) is 4.47. The summed E-state index contributed by atoms with van der Waals surface area (Å²) in [5, 5.41) is 11.2. The number of nitrogens with one attached hydrogen (secondary N) is 1. The normalized spacial score (nSPS) is 10.4. The van der Waals surface area contributed by atoms with E-state index in [2.05, 4.69) is 30.5 Å². The van der Waals surface area contributed by atoms with Crippen LogP contribution in [0.2, 0.25) is 0 Å². The number of ether oxygens (including phenoxy) is 3. The van der Waals surface area contributed by atoms with Crippen molar-refractivity contribution in [3.05, 3.63) is 72.3 Å². The van der Waals surface area contributed by atoms with Crippen LogP contribution in [0.3, 0.4) is 0 Å². The molecule has 0 aliphatic rings. The van der Waals surface area contributed by atoms with Gasteiger partial charge in [0, 0.05) is 31.9 Å². The number of para-hydroxylation sites is 1. The largest absolute Gasteiger partial charge is 0.490 e. The molecule has 0 saturated carbocycles. The third kappa shape index (κ3) is 6.52. The fraction of sp³-hybridized carbons (Fsp3) is 0.208. The maximum Gasteiger partial charge on any atom is 0.330 e. The molecule has 4 aromatic rings. The minimum Gasteiger partial charge on any atom is -0.490 e. The van der Waals surface area contributed by atoms with E-state index in [1.807, 2.05) is 75.6 Å². The predicted octanol–water partition coefficient (Wildman–Crippen LogP) is 4.03. The minimum atomic E-state index is 0.0903. The van der Waals surface area contributed by atoms with Gasteiger partial charge in [0.1, 0.15) is 19.0 Å². The molecule has 0 amide bonds. The zero-order chi connectivity index (χ0) is 23.8. The maximum atomic E-state index is 5.72. The molecule has 0 bridgehead atoms. The fourth-order valence-corrected chi connectivity index (χ4v) is 2.77. The van der Waals surface area contributed by atoms with Gasteiger partial charge in [0.2, 0.25) is 23.7 Å². The van der Waals surface area contributed by atoms with Crippen molar-refractivity contribution < 1.29 is 14.2 Å². The van der Waals surface area contributed by atoms with Gasteiger partial charge in [-0.25, -0.2) is 0 Å². The number of aromatic nitrogens is 5. The topological polar surface area (TPSA) is 107 Å². The predicted molar refractivity (Wildman–Crippen MR) is 128 cm³/mol. The number of anilines is 3. The van der Waals surface area contributed by atoms with Crippen molar-refractivity contribution in [1.29, 1.82) is 0 Å². The van der Waals surface area contributed by atoms with E-state index in [1.54, 1.807) is 17.0 Å². The molecule has 2 heterocycles. The number of hydrogen-bond acceptors (Lipinski definition) is 10. The lowest BCUT2D eigenvalue weighted by Crippen LogP contribution is -2.15. The Bertz CT molecular complexity index is 1190. The lowest BCUT2D eigenvalue weighted by Gasteiger charge is -2.13.